The number of hydrogen-bond acceptors (Lipinski definition) is 7. The number of nitrogens with zero attached hydrogens (tertiary/aromatic N) is 3. The first-order chi connectivity index (χ1) is 11.6. The van der Waals surface area contributed by atoms with Crippen molar-refractivity contribution in [2.24, 2.45) is 0 Å². The van der Waals surface area contributed by atoms with Crippen molar-refractivity contribution in [3.05, 3.63) is 12.1 Å². The van der Waals surface area contributed by atoms with Gasteiger partial charge in [-0.15, -0.1) is 0 Å². The van der Waals surface area contributed by atoms with E-state index in [1.54, 1.807) is 0 Å². The van der Waals surface area contributed by atoms with Gasteiger partial charge in [-0.25, -0.2) is 0 Å². The third-order valence-electron chi connectivity index (χ3n) is 4.34. The monoisotopic (exact) mass is 336 g/mol. The maximum atomic E-state index is 5.94. The van der Waals surface area contributed by atoms with E-state index in [1.165, 1.54) is 0 Å². The number of pyridine rings is 1. The third-order valence-corrected chi connectivity index (χ3v) is 4.34. The Morgan fingerprint density at radius 3 is 2.62 bits per heavy atom. The second kappa shape index (κ2) is 8.00. The summed E-state index contributed by atoms with van der Waals surface area (Å²) in [4.78, 5) is 8.91. The van der Waals surface area contributed by atoms with Gasteiger partial charge < -0.3 is 24.8 Å². The number of aromatic nitrogens is 1. The molecule has 1 aromatic heterocycles. The number of ether oxygens (including phenoxy) is 3. The lowest BCUT2D eigenvalue weighted by molar-refractivity contribution is -0.0700. The molecule has 0 spiro atoms. The van der Waals surface area contributed by atoms with Crippen molar-refractivity contribution >= 4 is 11.5 Å². The predicted octanol–water partition coefficient (Wildman–Crippen LogP) is 0.988. The first kappa shape index (κ1) is 17.3. The highest BCUT2D eigenvalue weighted by Crippen LogP contribution is 2.23. The normalized spacial score (nSPS) is 25.7. The molecule has 3 heterocycles. The lowest BCUT2D eigenvalue weighted by Gasteiger charge is -2.35. The van der Waals surface area contributed by atoms with Crippen LogP contribution in [0.25, 0.3) is 0 Å². The Hall–Kier alpha value is -1.57. The fourth-order valence-electron chi connectivity index (χ4n) is 3.34. The topological polar surface area (TPSA) is 73.1 Å². The number of morpholine rings is 2. The molecular formula is C17H28N4O3. The van der Waals surface area contributed by atoms with Crippen LogP contribution in [0.2, 0.25) is 0 Å². The Morgan fingerprint density at radius 2 is 1.92 bits per heavy atom. The minimum absolute atomic E-state index is 0.271. The summed E-state index contributed by atoms with van der Waals surface area (Å²) in [5, 5.41) is 0. The molecule has 0 radical (unpaired) electrons. The molecule has 3 rings (SSSR count). The second-order valence-corrected chi connectivity index (χ2v) is 6.55. The molecule has 0 bridgehead atoms. The van der Waals surface area contributed by atoms with E-state index in [1.807, 2.05) is 12.1 Å². The van der Waals surface area contributed by atoms with Crippen molar-refractivity contribution < 1.29 is 14.2 Å². The minimum atomic E-state index is 0.271. The molecule has 0 aromatic carbocycles. The number of anilines is 2. The Bertz CT molecular complexity index is 527. The summed E-state index contributed by atoms with van der Waals surface area (Å²) in [5.41, 5.74) is 6.99. The molecule has 2 fully saturated rings. The molecule has 2 atom stereocenters. The molecule has 2 aliphatic heterocycles. The SMILES string of the molecule is CC1CN(CCOc2cc(N3CCOCC3)cc(N)n2)CC(C)O1. The summed E-state index contributed by atoms with van der Waals surface area (Å²) >= 11 is 0. The fourth-order valence-corrected chi connectivity index (χ4v) is 3.34. The van der Waals surface area contributed by atoms with E-state index >= 15 is 0 Å². The van der Waals surface area contributed by atoms with Gasteiger partial charge in [0.25, 0.3) is 0 Å². The summed E-state index contributed by atoms with van der Waals surface area (Å²) in [6, 6.07) is 3.86. The molecule has 2 aliphatic rings. The maximum absolute atomic E-state index is 5.94. The molecule has 134 valence electrons. The standard InChI is InChI=1S/C17H28N4O3/c1-13-11-20(12-14(2)24-13)3-8-23-17-10-15(9-16(18)19-17)21-4-6-22-7-5-21/h9-10,13-14H,3-8,11-12H2,1-2H3,(H2,18,19). The molecule has 7 nitrogen and oxygen atoms in total. The van der Waals surface area contributed by atoms with E-state index in [-0.39, 0.29) is 12.2 Å². The van der Waals surface area contributed by atoms with Gasteiger partial charge in [-0.2, -0.15) is 4.98 Å². The van der Waals surface area contributed by atoms with Crippen LogP contribution in [0.1, 0.15) is 13.8 Å². The van der Waals surface area contributed by atoms with Crippen molar-refractivity contribution in [1.29, 1.82) is 0 Å². The van der Waals surface area contributed by atoms with Gasteiger partial charge in [0.05, 0.1) is 25.4 Å². The van der Waals surface area contributed by atoms with Crippen LogP contribution < -0.4 is 15.4 Å². The molecular weight excluding hydrogens is 308 g/mol. The summed E-state index contributed by atoms with van der Waals surface area (Å²) in [5.74, 6) is 1.08. The number of nitrogen functional groups attached to an aromatic ring is 1. The highest BCUT2D eigenvalue weighted by molar-refractivity contribution is 5.55. The molecule has 7 heteroatoms. The zero-order chi connectivity index (χ0) is 16.9. The minimum Gasteiger partial charge on any atom is -0.476 e. The van der Waals surface area contributed by atoms with Crippen molar-refractivity contribution in [3.63, 3.8) is 0 Å². The molecule has 0 saturated carbocycles. The number of nitrogens with two attached hydrogens (primary N) is 1. The Kier molecular flexibility index (Phi) is 5.76. The summed E-state index contributed by atoms with van der Waals surface area (Å²) in [6.07, 6.45) is 0.541. The van der Waals surface area contributed by atoms with Crippen molar-refractivity contribution in [2.75, 3.05) is 63.2 Å². The van der Waals surface area contributed by atoms with E-state index in [0.717, 1.165) is 51.6 Å². The van der Waals surface area contributed by atoms with Gasteiger partial charge in [0, 0.05) is 50.5 Å². The van der Waals surface area contributed by atoms with Crippen LogP contribution in [0, 0.1) is 0 Å². The largest absolute Gasteiger partial charge is 0.476 e. The van der Waals surface area contributed by atoms with Crippen LogP contribution in [0.4, 0.5) is 11.5 Å². The average molecular weight is 336 g/mol. The first-order valence-electron chi connectivity index (χ1n) is 8.71. The number of rotatable bonds is 5. The Morgan fingerprint density at radius 1 is 1.21 bits per heavy atom. The van der Waals surface area contributed by atoms with Crippen molar-refractivity contribution in [2.45, 2.75) is 26.1 Å². The Labute approximate surface area is 143 Å². The van der Waals surface area contributed by atoms with E-state index < -0.39 is 0 Å². The lowest BCUT2D eigenvalue weighted by atomic mass is 10.2. The smallest absolute Gasteiger partial charge is 0.217 e. The van der Waals surface area contributed by atoms with Crippen LogP contribution in [0.3, 0.4) is 0 Å². The van der Waals surface area contributed by atoms with E-state index in [2.05, 4.69) is 28.6 Å². The third kappa shape index (κ3) is 4.72. The van der Waals surface area contributed by atoms with Gasteiger partial charge in [0.15, 0.2) is 0 Å². The summed E-state index contributed by atoms with van der Waals surface area (Å²) in [7, 11) is 0. The molecule has 0 aliphatic carbocycles. The Balaban J connectivity index is 1.54. The quantitative estimate of drug-likeness (QED) is 0.859. The van der Waals surface area contributed by atoms with Crippen LogP contribution in [0.5, 0.6) is 5.88 Å². The number of hydrogen-bond donors (Lipinski definition) is 1. The molecule has 1 aromatic rings. The highest BCUT2D eigenvalue weighted by atomic mass is 16.5. The molecule has 2 N–H and O–H groups in total. The van der Waals surface area contributed by atoms with E-state index in [9.17, 15) is 0 Å². The lowest BCUT2D eigenvalue weighted by Crippen LogP contribution is -2.46. The van der Waals surface area contributed by atoms with Crippen LogP contribution >= 0.6 is 0 Å². The van der Waals surface area contributed by atoms with Crippen molar-refractivity contribution in [1.82, 2.24) is 9.88 Å². The molecule has 0 amide bonds. The van der Waals surface area contributed by atoms with Crippen LogP contribution in [-0.4, -0.2) is 74.6 Å². The van der Waals surface area contributed by atoms with Crippen LogP contribution in [-0.2, 0) is 9.47 Å². The average Bonchev–Trinajstić information content (AvgIpc) is 2.54. The van der Waals surface area contributed by atoms with Crippen LogP contribution in [0.15, 0.2) is 12.1 Å². The first-order valence-corrected chi connectivity index (χ1v) is 8.71. The van der Waals surface area contributed by atoms with Gasteiger partial charge in [0.1, 0.15) is 12.4 Å². The van der Waals surface area contributed by atoms with Gasteiger partial charge >= 0.3 is 0 Å². The maximum Gasteiger partial charge on any atom is 0.217 e. The second-order valence-electron chi connectivity index (χ2n) is 6.55. The van der Waals surface area contributed by atoms with E-state index in [4.69, 9.17) is 19.9 Å². The summed E-state index contributed by atoms with van der Waals surface area (Å²) < 4.78 is 17.0. The van der Waals surface area contributed by atoms with Gasteiger partial charge in [-0.1, -0.05) is 0 Å². The molecule has 2 saturated heterocycles. The molecule has 24 heavy (non-hydrogen) atoms. The van der Waals surface area contributed by atoms with Gasteiger partial charge in [0.2, 0.25) is 5.88 Å². The highest BCUT2D eigenvalue weighted by Gasteiger charge is 2.21. The summed E-state index contributed by atoms with van der Waals surface area (Å²) in [6.45, 7) is 10.8. The molecule has 2 unspecified atom stereocenters. The zero-order valence-electron chi connectivity index (χ0n) is 14.6. The van der Waals surface area contributed by atoms with E-state index in [0.29, 0.717) is 18.3 Å². The van der Waals surface area contributed by atoms with Gasteiger partial charge in [-0.05, 0) is 13.8 Å². The zero-order valence-corrected chi connectivity index (χ0v) is 14.6. The predicted molar refractivity (Wildman–Crippen MR) is 93.6 cm³/mol. The fraction of sp³-hybridized carbons (Fsp3) is 0.706. The van der Waals surface area contributed by atoms with Crippen molar-refractivity contribution in [3.8, 4) is 5.88 Å². The van der Waals surface area contributed by atoms with Gasteiger partial charge in [-0.3, -0.25) is 4.90 Å².